The highest BCUT2D eigenvalue weighted by Crippen LogP contribution is 2.34. The number of aromatic amines is 1. The van der Waals surface area contributed by atoms with Gasteiger partial charge in [-0.25, -0.2) is 0 Å². The van der Waals surface area contributed by atoms with Gasteiger partial charge in [0.15, 0.2) is 11.5 Å². The molecule has 0 spiro atoms. The Morgan fingerprint density at radius 1 is 1.23 bits per heavy atom. The van der Waals surface area contributed by atoms with Crippen LogP contribution in [0.5, 0.6) is 11.5 Å². The van der Waals surface area contributed by atoms with Gasteiger partial charge in [0.2, 0.25) is 0 Å². The molecule has 2 aromatic rings. The molecule has 7 heteroatoms. The van der Waals surface area contributed by atoms with E-state index in [1.165, 1.54) is 7.11 Å². The van der Waals surface area contributed by atoms with E-state index in [2.05, 4.69) is 10.3 Å². The van der Waals surface area contributed by atoms with Crippen LogP contribution < -0.4 is 20.3 Å². The van der Waals surface area contributed by atoms with Crippen LogP contribution >= 0.6 is 0 Å². The number of hydrogen-bond donors (Lipinski definition) is 2. The van der Waals surface area contributed by atoms with Crippen molar-refractivity contribution >= 4 is 16.8 Å². The van der Waals surface area contributed by atoms with E-state index in [9.17, 15) is 9.59 Å². The van der Waals surface area contributed by atoms with Crippen LogP contribution in [0.2, 0.25) is 0 Å². The second-order valence-electron chi connectivity index (χ2n) is 6.82. The first-order valence-electron chi connectivity index (χ1n) is 8.54. The van der Waals surface area contributed by atoms with Gasteiger partial charge in [0.25, 0.3) is 11.5 Å². The first-order valence-corrected chi connectivity index (χ1v) is 8.54. The van der Waals surface area contributed by atoms with Gasteiger partial charge in [-0.2, -0.15) is 0 Å². The fraction of sp³-hybridized carbons (Fsp3) is 0.474. The minimum atomic E-state index is -0.484. The number of amides is 1. The standard InChI is InChI=1S/C19H26N2O5/c1-6-25-9-10-26-16-14(24-5)8-7-12-11-13(17(22)20-15(12)16)18(23)21-19(2,3)4/h7-8,11H,6,9-10H2,1-5H3,(H,20,22)(H,21,23). The molecule has 2 N–H and O–H groups in total. The van der Waals surface area contributed by atoms with Crippen molar-refractivity contribution in [3.8, 4) is 11.5 Å². The third kappa shape index (κ3) is 4.76. The zero-order chi connectivity index (χ0) is 19.3. The fourth-order valence-corrected chi connectivity index (χ4v) is 2.46. The molecule has 1 heterocycles. The van der Waals surface area contributed by atoms with E-state index in [0.29, 0.717) is 42.2 Å². The van der Waals surface area contributed by atoms with Crippen LogP contribution in [-0.4, -0.2) is 43.4 Å². The number of fused-ring (bicyclic) bond motifs is 1. The summed E-state index contributed by atoms with van der Waals surface area (Å²) in [6.45, 7) is 8.81. The Balaban J connectivity index is 2.44. The Bertz CT molecular complexity index is 836. The molecule has 0 fully saturated rings. The molecule has 1 amide bonds. The molecule has 0 saturated carbocycles. The quantitative estimate of drug-likeness (QED) is 0.739. The van der Waals surface area contributed by atoms with Gasteiger partial charge < -0.3 is 24.5 Å². The molecule has 0 bridgehead atoms. The minimum absolute atomic E-state index is 0.0536. The van der Waals surface area contributed by atoms with E-state index in [4.69, 9.17) is 14.2 Å². The summed E-state index contributed by atoms with van der Waals surface area (Å²) in [5, 5.41) is 3.47. The third-order valence-electron chi connectivity index (χ3n) is 3.57. The van der Waals surface area contributed by atoms with Crippen molar-refractivity contribution in [2.45, 2.75) is 33.2 Å². The molecular formula is C19H26N2O5. The fourth-order valence-electron chi connectivity index (χ4n) is 2.46. The van der Waals surface area contributed by atoms with Crippen LogP contribution in [-0.2, 0) is 4.74 Å². The average Bonchev–Trinajstić information content (AvgIpc) is 2.56. The number of H-pyrrole nitrogens is 1. The molecule has 1 aromatic heterocycles. The molecule has 0 aliphatic carbocycles. The summed E-state index contributed by atoms with van der Waals surface area (Å²) in [7, 11) is 1.53. The lowest BCUT2D eigenvalue weighted by Gasteiger charge is -2.20. The topological polar surface area (TPSA) is 89.7 Å². The lowest BCUT2D eigenvalue weighted by Crippen LogP contribution is -2.42. The number of pyridine rings is 1. The van der Waals surface area contributed by atoms with Gasteiger partial charge in [0.05, 0.1) is 19.2 Å². The molecule has 2 rings (SSSR count). The lowest BCUT2D eigenvalue weighted by atomic mass is 10.1. The van der Waals surface area contributed by atoms with Crippen molar-refractivity contribution in [3.63, 3.8) is 0 Å². The van der Waals surface area contributed by atoms with Gasteiger partial charge in [-0.05, 0) is 45.9 Å². The molecule has 0 atom stereocenters. The average molecular weight is 362 g/mol. The van der Waals surface area contributed by atoms with Crippen molar-refractivity contribution in [2.24, 2.45) is 0 Å². The summed E-state index contributed by atoms with van der Waals surface area (Å²) < 4.78 is 16.4. The minimum Gasteiger partial charge on any atom is -0.493 e. The Morgan fingerprint density at radius 3 is 2.58 bits per heavy atom. The Labute approximate surface area is 152 Å². The number of methoxy groups -OCH3 is 1. The van der Waals surface area contributed by atoms with E-state index in [-0.39, 0.29) is 5.56 Å². The second-order valence-corrected chi connectivity index (χ2v) is 6.82. The highest BCUT2D eigenvalue weighted by molar-refractivity contribution is 5.98. The summed E-state index contributed by atoms with van der Waals surface area (Å²) in [6, 6.07) is 5.07. The summed E-state index contributed by atoms with van der Waals surface area (Å²) in [5.41, 5.74) is -0.385. The number of carbonyl (C=O) groups excluding carboxylic acids is 1. The number of benzene rings is 1. The Morgan fingerprint density at radius 2 is 1.96 bits per heavy atom. The molecule has 7 nitrogen and oxygen atoms in total. The maximum absolute atomic E-state index is 12.5. The molecule has 0 unspecified atom stereocenters. The molecular weight excluding hydrogens is 336 g/mol. The molecule has 0 radical (unpaired) electrons. The van der Waals surface area contributed by atoms with Crippen LogP contribution in [0.3, 0.4) is 0 Å². The van der Waals surface area contributed by atoms with Crippen LogP contribution in [0, 0.1) is 0 Å². The first-order chi connectivity index (χ1) is 12.3. The molecule has 0 aliphatic heterocycles. The maximum atomic E-state index is 12.5. The third-order valence-corrected chi connectivity index (χ3v) is 3.57. The largest absolute Gasteiger partial charge is 0.493 e. The normalized spacial score (nSPS) is 11.4. The number of carbonyl (C=O) groups is 1. The van der Waals surface area contributed by atoms with Gasteiger partial charge in [0, 0.05) is 17.5 Å². The summed E-state index contributed by atoms with van der Waals surface area (Å²) in [5.74, 6) is 0.497. The number of hydrogen-bond acceptors (Lipinski definition) is 5. The lowest BCUT2D eigenvalue weighted by molar-refractivity contribution is 0.0918. The maximum Gasteiger partial charge on any atom is 0.261 e. The van der Waals surface area contributed by atoms with Gasteiger partial charge in [-0.3, -0.25) is 9.59 Å². The van der Waals surface area contributed by atoms with Crippen molar-refractivity contribution in [3.05, 3.63) is 34.1 Å². The van der Waals surface area contributed by atoms with E-state index in [1.54, 1.807) is 18.2 Å². The number of ether oxygens (including phenoxy) is 3. The van der Waals surface area contributed by atoms with Gasteiger partial charge in [-0.1, -0.05) is 0 Å². The molecule has 26 heavy (non-hydrogen) atoms. The van der Waals surface area contributed by atoms with Crippen LogP contribution in [0.1, 0.15) is 38.1 Å². The monoisotopic (exact) mass is 362 g/mol. The second kappa shape index (κ2) is 8.23. The smallest absolute Gasteiger partial charge is 0.261 e. The van der Waals surface area contributed by atoms with E-state index in [1.807, 2.05) is 27.7 Å². The van der Waals surface area contributed by atoms with E-state index in [0.717, 1.165) is 0 Å². The number of nitrogens with one attached hydrogen (secondary N) is 2. The van der Waals surface area contributed by atoms with Gasteiger partial charge in [0.1, 0.15) is 12.2 Å². The molecule has 0 saturated heterocycles. The SMILES string of the molecule is CCOCCOc1c(OC)ccc2cc(C(=O)NC(C)(C)C)c(=O)[nH]c12. The Hall–Kier alpha value is -2.54. The van der Waals surface area contributed by atoms with Gasteiger partial charge in [-0.15, -0.1) is 0 Å². The Kier molecular flexibility index (Phi) is 6.26. The molecule has 142 valence electrons. The van der Waals surface area contributed by atoms with Gasteiger partial charge >= 0.3 is 0 Å². The van der Waals surface area contributed by atoms with Crippen LogP contribution in [0.4, 0.5) is 0 Å². The van der Waals surface area contributed by atoms with Crippen molar-refractivity contribution in [2.75, 3.05) is 26.9 Å². The van der Waals surface area contributed by atoms with Crippen LogP contribution in [0.25, 0.3) is 10.9 Å². The highest BCUT2D eigenvalue weighted by atomic mass is 16.5. The highest BCUT2D eigenvalue weighted by Gasteiger charge is 2.20. The van der Waals surface area contributed by atoms with Crippen LogP contribution in [0.15, 0.2) is 23.0 Å². The summed E-state index contributed by atoms with van der Waals surface area (Å²) in [4.78, 5) is 27.6. The summed E-state index contributed by atoms with van der Waals surface area (Å²) >= 11 is 0. The zero-order valence-electron chi connectivity index (χ0n) is 15.9. The van der Waals surface area contributed by atoms with Crippen molar-refractivity contribution in [1.29, 1.82) is 0 Å². The predicted octanol–water partition coefficient (Wildman–Crippen LogP) is 2.48. The van der Waals surface area contributed by atoms with Crippen molar-refractivity contribution < 1.29 is 19.0 Å². The molecule has 1 aromatic carbocycles. The van der Waals surface area contributed by atoms with E-state index < -0.39 is 17.0 Å². The molecule has 0 aliphatic rings. The zero-order valence-corrected chi connectivity index (χ0v) is 15.9. The van der Waals surface area contributed by atoms with Crippen molar-refractivity contribution in [1.82, 2.24) is 10.3 Å². The first kappa shape index (κ1) is 19.8. The number of aromatic nitrogens is 1. The summed E-state index contributed by atoms with van der Waals surface area (Å²) in [6.07, 6.45) is 0. The van der Waals surface area contributed by atoms with E-state index >= 15 is 0 Å². The predicted molar refractivity (Wildman–Crippen MR) is 100 cm³/mol. The number of rotatable bonds is 7.